The lowest BCUT2D eigenvalue weighted by Crippen LogP contribution is -2.53. The fraction of sp³-hybridized carbons (Fsp3) is 0.474. The number of hydrogen-bond donors (Lipinski definition) is 2. The van der Waals surface area contributed by atoms with Crippen LogP contribution < -0.4 is 14.5 Å². The van der Waals surface area contributed by atoms with Crippen LogP contribution in [0.15, 0.2) is 66.7 Å². The second kappa shape index (κ2) is 14.3. The number of phenols is 1. The molecule has 2 N–H and O–H groups in total. The molecule has 2 amide bonds. The second-order valence-electron chi connectivity index (χ2n) is 14.0. The summed E-state index contributed by atoms with van der Waals surface area (Å²) in [6.45, 7) is 7.59. The monoisotopic (exact) mass is 657 g/mol. The lowest BCUT2D eigenvalue weighted by atomic mass is 9.78. The molecular weight excluding hydrogens is 610 g/mol. The van der Waals surface area contributed by atoms with Crippen LogP contribution >= 0.6 is 0 Å². The van der Waals surface area contributed by atoms with Gasteiger partial charge in [-0.15, -0.1) is 0 Å². The molecule has 3 aromatic carbocycles. The SMILES string of the molecule is COCCCN1C(=O)COc2ccc(N(C(=O)C3CN(C(O)OC(C)(C)C)CC[C@@H]3c3cccc(-c4ccc(O)cc4)c3)C3CC3)cc21. The van der Waals surface area contributed by atoms with Crippen molar-refractivity contribution >= 4 is 23.2 Å². The van der Waals surface area contributed by atoms with E-state index in [0.717, 1.165) is 35.2 Å². The number of phenolic OH excluding ortho intramolecular Hbond substituents is 1. The van der Waals surface area contributed by atoms with Crippen LogP contribution in [0.25, 0.3) is 11.1 Å². The Labute approximate surface area is 282 Å². The first kappa shape index (κ1) is 33.9. The van der Waals surface area contributed by atoms with Crippen molar-refractivity contribution in [2.45, 2.75) is 70.4 Å². The molecule has 2 fully saturated rings. The Hall–Kier alpha value is -3.96. The molecule has 6 rings (SSSR count). The van der Waals surface area contributed by atoms with Crippen LogP contribution in [0.4, 0.5) is 11.4 Å². The van der Waals surface area contributed by atoms with Crippen LogP contribution in [-0.2, 0) is 19.1 Å². The van der Waals surface area contributed by atoms with E-state index >= 15 is 0 Å². The van der Waals surface area contributed by atoms with E-state index in [-0.39, 0.29) is 36.1 Å². The van der Waals surface area contributed by atoms with Crippen LogP contribution in [0.3, 0.4) is 0 Å². The molecule has 48 heavy (non-hydrogen) atoms. The quantitative estimate of drug-likeness (QED) is 0.205. The first-order valence-electron chi connectivity index (χ1n) is 16.9. The second-order valence-corrected chi connectivity index (χ2v) is 14.0. The summed E-state index contributed by atoms with van der Waals surface area (Å²) < 4.78 is 16.9. The molecule has 0 radical (unpaired) electrons. The molecule has 2 heterocycles. The molecular formula is C38H47N3O7. The third kappa shape index (κ3) is 7.68. The fourth-order valence-corrected chi connectivity index (χ4v) is 6.80. The molecule has 1 saturated heterocycles. The number of fused-ring (bicyclic) bond motifs is 1. The maximum atomic E-state index is 15.0. The van der Waals surface area contributed by atoms with E-state index in [4.69, 9.17) is 14.2 Å². The molecule has 3 aliphatic rings. The number of aliphatic hydroxyl groups excluding tert-OH is 1. The molecule has 1 saturated carbocycles. The zero-order valence-electron chi connectivity index (χ0n) is 28.3. The molecule has 3 atom stereocenters. The number of anilines is 2. The number of methoxy groups -OCH3 is 1. The maximum Gasteiger partial charge on any atom is 0.265 e. The number of benzene rings is 3. The summed E-state index contributed by atoms with van der Waals surface area (Å²) in [4.78, 5) is 33.4. The number of aliphatic hydroxyl groups is 1. The highest BCUT2D eigenvalue weighted by Crippen LogP contribution is 2.43. The van der Waals surface area contributed by atoms with E-state index in [1.807, 2.05) is 73.0 Å². The number of rotatable bonds is 11. The van der Waals surface area contributed by atoms with Crippen molar-refractivity contribution in [3.05, 3.63) is 72.3 Å². The predicted molar refractivity (Wildman–Crippen MR) is 184 cm³/mol. The largest absolute Gasteiger partial charge is 0.508 e. The first-order chi connectivity index (χ1) is 23.0. The minimum Gasteiger partial charge on any atom is -0.508 e. The summed E-state index contributed by atoms with van der Waals surface area (Å²) in [5.74, 6) is 0.111. The Balaban J connectivity index is 1.34. The number of hydrogen-bond acceptors (Lipinski definition) is 8. The molecule has 3 aromatic rings. The van der Waals surface area contributed by atoms with E-state index in [0.29, 0.717) is 50.5 Å². The first-order valence-corrected chi connectivity index (χ1v) is 16.9. The number of carbonyl (C=O) groups excluding carboxylic acids is 2. The molecule has 1 aliphatic carbocycles. The number of nitrogens with zero attached hydrogens (tertiary/aromatic N) is 3. The fourth-order valence-electron chi connectivity index (χ4n) is 6.80. The molecule has 2 unspecified atom stereocenters. The van der Waals surface area contributed by atoms with E-state index in [1.165, 1.54) is 0 Å². The highest BCUT2D eigenvalue weighted by atomic mass is 16.6. The van der Waals surface area contributed by atoms with Gasteiger partial charge in [0.25, 0.3) is 5.91 Å². The minimum atomic E-state index is -1.15. The number of aromatic hydroxyl groups is 1. The summed E-state index contributed by atoms with van der Waals surface area (Å²) in [7, 11) is 1.64. The van der Waals surface area contributed by atoms with E-state index in [9.17, 15) is 19.8 Å². The Bertz CT molecular complexity index is 1600. The molecule has 0 bridgehead atoms. The normalized spacial score (nSPS) is 20.6. The number of likely N-dealkylation sites (tertiary alicyclic amines) is 1. The van der Waals surface area contributed by atoms with Crippen molar-refractivity contribution in [2.75, 3.05) is 49.8 Å². The van der Waals surface area contributed by atoms with Gasteiger partial charge in [-0.1, -0.05) is 36.4 Å². The zero-order valence-corrected chi connectivity index (χ0v) is 28.3. The van der Waals surface area contributed by atoms with Crippen molar-refractivity contribution in [3.8, 4) is 22.6 Å². The Morgan fingerprint density at radius 3 is 2.52 bits per heavy atom. The number of piperidine rings is 1. The molecule has 10 nitrogen and oxygen atoms in total. The van der Waals surface area contributed by atoms with Crippen LogP contribution in [0, 0.1) is 5.92 Å². The lowest BCUT2D eigenvalue weighted by Gasteiger charge is -2.43. The van der Waals surface area contributed by atoms with E-state index in [2.05, 4.69) is 12.1 Å². The Kier molecular flexibility index (Phi) is 10.1. The Morgan fingerprint density at radius 2 is 1.81 bits per heavy atom. The summed E-state index contributed by atoms with van der Waals surface area (Å²) in [5, 5.41) is 21.0. The van der Waals surface area contributed by atoms with E-state index in [1.54, 1.807) is 24.1 Å². The van der Waals surface area contributed by atoms with Crippen LogP contribution in [0.5, 0.6) is 11.5 Å². The van der Waals surface area contributed by atoms with Gasteiger partial charge in [-0.2, -0.15) is 0 Å². The van der Waals surface area contributed by atoms with Gasteiger partial charge >= 0.3 is 0 Å². The smallest absolute Gasteiger partial charge is 0.265 e. The maximum absolute atomic E-state index is 15.0. The van der Waals surface area contributed by atoms with Gasteiger partial charge in [-0.3, -0.25) is 14.5 Å². The third-order valence-electron chi connectivity index (χ3n) is 9.29. The van der Waals surface area contributed by atoms with Gasteiger partial charge in [0.15, 0.2) is 6.61 Å². The van der Waals surface area contributed by atoms with Gasteiger partial charge in [0, 0.05) is 45.1 Å². The molecule has 2 aliphatic heterocycles. The predicted octanol–water partition coefficient (Wildman–Crippen LogP) is 5.51. The minimum absolute atomic E-state index is 0.0147. The van der Waals surface area contributed by atoms with Crippen molar-refractivity contribution < 1.29 is 34.0 Å². The molecule has 10 heteroatoms. The lowest BCUT2D eigenvalue weighted by molar-refractivity contribution is -0.245. The number of ether oxygens (including phenoxy) is 3. The number of carbonyl (C=O) groups is 2. The average Bonchev–Trinajstić information content (AvgIpc) is 3.90. The Morgan fingerprint density at radius 1 is 1.04 bits per heavy atom. The molecule has 256 valence electrons. The zero-order chi connectivity index (χ0) is 34.0. The van der Waals surface area contributed by atoms with Gasteiger partial charge in [-0.25, -0.2) is 0 Å². The number of amides is 2. The summed E-state index contributed by atoms with van der Waals surface area (Å²) >= 11 is 0. The van der Waals surface area contributed by atoms with Crippen molar-refractivity contribution in [1.29, 1.82) is 0 Å². The van der Waals surface area contributed by atoms with Crippen LogP contribution in [-0.4, -0.2) is 84.9 Å². The van der Waals surface area contributed by atoms with Gasteiger partial charge < -0.3 is 34.2 Å². The third-order valence-corrected chi connectivity index (χ3v) is 9.29. The molecule has 0 spiro atoms. The van der Waals surface area contributed by atoms with Crippen LogP contribution in [0.2, 0.25) is 0 Å². The summed E-state index contributed by atoms with van der Waals surface area (Å²) in [6, 6.07) is 21.1. The van der Waals surface area contributed by atoms with Gasteiger partial charge in [-0.05, 0) is 99.4 Å². The van der Waals surface area contributed by atoms with Gasteiger partial charge in [0.2, 0.25) is 12.3 Å². The topological polar surface area (TPSA) is 112 Å². The summed E-state index contributed by atoms with van der Waals surface area (Å²) in [6.07, 6.45) is 1.97. The van der Waals surface area contributed by atoms with Crippen molar-refractivity contribution in [2.24, 2.45) is 5.92 Å². The highest BCUT2D eigenvalue weighted by Gasteiger charge is 2.44. The molecule has 0 aromatic heterocycles. The van der Waals surface area contributed by atoms with E-state index < -0.39 is 17.9 Å². The van der Waals surface area contributed by atoms with Crippen LogP contribution in [0.1, 0.15) is 57.9 Å². The standard InChI is InChI=1S/C38H47N3O7/c1-38(2,3)48-37(45)39-19-17-31(27-8-5-7-26(21-27)25-9-14-30(42)15-10-25)32(23-39)36(44)41(28-11-12-28)29-13-16-34-33(22-29)40(18-6-20-46-4)35(43)24-47-34/h5,7-10,13-16,21-22,28,31-32,37,42,45H,6,11-12,17-20,23-24H2,1-4H3/t31-,32?,37?/m1/s1. The highest BCUT2D eigenvalue weighted by molar-refractivity contribution is 6.01. The van der Waals surface area contributed by atoms with Crippen molar-refractivity contribution in [3.63, 3.8) is 0 Å². The van der Waals surface area contributed by atoms with Gasteiger partial charge in [0.1, 0.15) is 11.5 Å². The average molecular weight is 658 g/mol. The van der Waals surface area contributed by atoms with Gasteiger partial charge in [0.05, 0.1) is 17.2 Å². The van der Waals surface area contributed by atoms with Crippen molar-refractivity contribution in [1.82, 2.24) is 4.90 Å². The summed E-state index contributed by atoms with van der Waals surface area (Å²) in [5.41, 5.74) is 3.86.